The summed E-state index contributed by atoms with van der Waals surface area (Å²) in [5.74, 6) is -0.475. The summed E-state index contributed by atoms with van der Waals surface area (Å²) in [6, 6.07) is 18.2. The topological polar surface area (TPSA) is 101 Å². The van der Waals surface area contributed by atoms with Gasteiger partial charge < -0.3 is 19.5 Å². The Kier molecular flexibility index (Phi) is 11.4. The van der Waals surface area contributed by atoms with Gasteiger partial charge in [-0.2, -0.15) is 4.31 Å². The summed E-state index contributed by atoms with van der Waals surface area (Å²) in [4.78, 5) is 27.3. The summed E-state index contributed by atoms with van der Waals surface area (Å²) >= 11 is 3.49. The number of anilines is 1. The first-order valence-electron chi connectivity index (χ1n) is 14.2. The van der Waals surface area contributed by atoms with E-state index in [1.54, 1.807) is 12.1 Å². The maximum absolute atomic E-state index is 14.0. The smallest absolute Gasteiger partial charge is 0.243 e. The van der Waals surface area contributed by atoms with Gasteiger partial charge in [-0.25, -0.2) is 8.42 Å². The maximum Gasteiger partial charge on any atom is 0.243 e. The summed E-state index contributed by atoms with van der Waals surface area (Å²) in [5, 5.41) is 2.64. The molecule has 0 bridgehead atoms. The highest BCUT2D eigenvalue weighted by Crippen LogP contribution is 2.26. The number of sulfonamides is 1. The lowest BCUT2D eigenvalue weighted by Gasteiger charge is -2.36. The second-order valence-electron chi connectivity index (χ2n) is 10.6. The molecule has 1 aromatic heterocycles. The van der Waals surface area contributed by atoms with E-state index in [9.17, 15) is 18.0 Å². The van der Waals surface area contributed by atoms with Crippen LogP contribution in [0.4, 0.5) is 5.69 Å². The van der Waals surface area contributed by atoms with Crippen molar-refractivity contribution in [1.82, 2.24) is 13.8 Å². The molecule has 0 radical (unpaired) electrons. The standard InChI is InChI=1S/C31H39BrN4O5S/c1-24(37)33-27-14-16-30(17-15-27)42(39,40)35(19-20-41-2)23-31(38)36(28-7-4-3-5-8-28)22-29-9-6-18-34(29)21-25-10-12-26(32)13-11-25/h6,9-18,28H,3-5,7-8,19-23H2,1-2H3,(H,33,37). The first kappa shape index (κ1) is 31.9. The number of amides is 2. The largest absolute Gasteiger partial charge is 0.383 e. The van der Waals surface area contributed by atoms with E-state index in [1.165, 1.54) is 30.5 Å². The van der Waals surface area contributed by atoms with Crippen molar-refractivity contribution < 1.29 is 22.7 Å². The third-order valence-electron chi connectivity index (χ3n) is 7.53. The lowest BCUT2D eigenvalue weighted by atomic mass is 9.94. The molecule has 1 aliphatic carbocycles. The first-order valence-corrected chi connectivity index (χ1v) is 16.5. The van der Waals surface area contributed by atoms with Gasteiger partial charge in [0.2, 0.25) is 21.8 Å². The number of nitrogens with one attached hydrogen (secondary N) is 1. The van der Waals surface area contributed by atoms with Crippen LogP contribution in [0.15, 0.2) is 76.2 Å². The average molecular weight is 660 g/mol. The summed E-state index contributed by atoms with van der Waals surface area (Å²) in [6.45, 7) is 2.36. The molecule has 1 fully saturated rings. The van der Waals surface area contributed by atoms with Crippen LogP contribution in [-0.2, 0) is 37.4 Å². The summed E-state index contributed by atoms with van der Waals surface area (Å²) in [5.41, 5.74) is 2.64. The van der Waals surface area contributed by atoms with Crippen LogP contribution < -0.4 is 5.32 Å². The van der Waals surface area contributed by atoms with Crippen molar-refractivity contribution in [2.75, 3.05) is 32.1 Å². The van der Waals surface area contributed by atoms with Gasteiger partial charge in [-0.05, 0) is 66.9 Å². The highest BCUT2D eigenvalue weighted by molar-refractivity contribution is 9.10. The number of hydrogen-bond acceptors (Lipinski definition) is 5. The molecule has 2 amide bonds. The molecule has 1 aliphatic rings. The molecule has 0 saturated heterocycles. The molecule has 226 valence electrons. The number of benzene rings is 2. The van der Waals surface area contributed by atoms with Crippen LogP contribution in [0.25, 0.3) is 0 Å². The Morgan fingerprint density at radius 1 is 1.02 bits per heavy atom. The van der Waals surface area contributed by atoms with Crippen LogP contribution in [0.3, 0.4) is 0 Å². The van der Waals surface area contributed by atoms with Gasteiger partial charge in [0.1, 0.15) is 0 Å². The Hall–Kier alpha value is -2.99. The van der Waals surface area contributed by atoms with E-state index in [0.717, 1.165) is 47.8 Å². The molecule has 0 spiro atoms. The normalized spacial score (nSPS) is 14.2. The van der Waals surface area contributed by atoms with Crippen LogP contribution in [-0.4, -0.2) is 66.9 Å². The Bertz CT molecular complexity index is 1430. The minimum Gasteiger partial charge on any atom is -0.383 e. The second-order valence-corrected chi connectivity index (χ2v) is 13.5. The molecular weight excluding hydrogens is 620 g/mol. The molecule has 1 saturated carbocycles. The van der Waals surface area contributed by atoms with Crippen LogP contribution >= 0.6 is 15.9 Å². The van der Waals surface area contributed by atoms with Crippen LogP contribution in [0.2, 0.25) is 0 Å². The number of rotatable bonds is 13. The number of ether oxygens (including phenoxy) is 1. The van der Waals surface area contributed by atoms with E-state index in [-0.39, 0.29) is 42.4 Å². The van der Waals surface area contributed by atoms with E-state index in [0.29, 0.717) is 18.8 Å². The summed E-state index contributed by atoms with van der Waals surface area (Å²) in [7, 11) is -2.51. The van der Waals surface area contributed by atoms with Crippen molar-refractivity contribution in [3.05, 3.63) is 82.6 Å². The minimum absolute atomic E-state index is 0.0382. The zero-order chi connectivity index (χ0) is 30.1. The lowest BCUT2D eigenvalue weighted by molar-refractivity contribution is -0.135. The van der Waals surface area contributed by atoms with Gasteiger partial charge in [0.25, 0.3) is 0 Å². The number of halogens is 1. The fourth-order valence-corrected chi connectivity index (χ4v) is 6.94. The molecule has 9 nitrogen and oxygen atoms in total. The van der Waals surface area contributed by atoms with Gasteiger partial charge in [-0.15, -0.1) is 0 Å². The van der Waals surface area contributed by atoms with E-state index < -0.39 is 10.0 Å². The minimum atomic E-state index is -4.01. The van der Waals surface area contributed by atoms with Crippen molar-refractivity contribution in [1.29, 1.82) is 0 Å². The molecule has 1 heterocycles. The van der Waals surface area contributed by atoms with Gasteiger partial charge in [0.05, 0.1) is 24.6 Å². The molecule has 42 heavy (non-hydrogen) atoms. The molecule has 4 rings (SSSR count). The summed E-state index contributed by atoms with van der Waals surface area (Å²) < 4.78 is 37.0. The van der Waals surface area contributed by atoms with Crippen molar-refractivity contribution in [2.24, 2.45) is 0 Å². The van der Waals surface area contributed by atoms with Gasteiger partial charge in [-0.3, -0.25) is 9.59 Å². The Balaban J connectivity index is 1.57. The quantitative estimate of drug-likeness (QED) is 0.270. The molecule has 0 aliphatic heterocycles. The lowest BCUT2D eigenvalue weighted by Crippen LogP contribution is -2.48. The van der Waals surface area contributed by atoms with Crippen molar-refractivity contribution in [3.63, 3.8) is 0 Å². The molecule has 0 atom stereocenters. The third-order valence-corrected chi connectivity index (χ3v) is 9.91. The predicted molar refractivity (Wildman–Crippen MR) is 166 cm³/mol. The second kappa shape index (κ2) is 15.0. The molecule has 2 aromatic carbocycles. The monoisotopic (exact) mass is 658 g/mol. The van der Waals surface area contributed by atoms with Crippen molar-refractivity contribution in [2.45, 2.75) is 63.1 Å². The van der Waals surface area contributed by atoms with Gasteiger partial charge in [0, 0.05) is 55.2 Å². The van der Waals surface area contributed by atoms with E-state index in [1.807, 2.05) is 35.4 Å². The van der Waals surface area contributed by atoms with E-state index >= 15 is 0 Å². The number of aromatic nitrogens is 1. The zero-order valence-electron chi connectivity index (χ0n) is 24.2. The SMILES string of the molecule is COCCN(CC(=O)N(Cc1cccn1Cc1ccc(Br)cc1)C1CCCCC1)S(=O)(=O)c1ccc(NC(C)=O)cc1. The van der Waals surface area contributed by atoms with Crippen LogP contribution in [0, 0.1) is 0 Å². The third kappa shape index (κ3) is 8.53. The molecule has 3 aromatic rings. The Morgan fingerprint density at radius 3 is 2.36 bits per heavy atom. The number of nitrogens with zero attached hydrogens (tertiary/aromatic N) is 3. The average Bonchev–Trinajstić information content (AvgIpc) is 3.41. The highest BCUT2D eigenvalue weighted by atomic mass is 79.9. The fraction of sp³-hybridized carbons (Fsp3) is 0.419. The van der Waals surface area contributed by atoms with Gasteiger partial charge >= 0.3 is 0 Å². The number of hydrogen-bond donors (Lipinski definition) is 1. The Morgan fingerprint density at radius 2 is 1.71 bits per heavy atom. The number of methoxy groups -OCH3 is 1. The Labute approximate surface area is 257 Å². The molecule has 0 unspecified atom stereocenters. The highest BCUT2D eigenvalue weighted by Gasteiger charge is 2.32. The van der Waals surface area contributed by atoms with Crippen LogP contribution in [0.5, 0.6) is 0 Å². The van der Waals surface area contributed by atoms with E-state index in [4.69, 9.17) is 4.74 Å². The van der Waals surface area contributed by atoms with Crippen LogP contribution in [0.1, 0.15) is 50.3 Å². The molecule has 11 heteroatoms. The van der Waals surface area contributed by atoms with Gasteiger partial charge in [0.15, 0.2) is 0 Å². The maximum atomic E-state index is 14.0. The van der Waals surface area contributed by atoms with Crippen molar-refractivity contribution >= 4 is 43.5 Å². The number of carbonyl (C=O) groups is 2. The number of carbonyl (C=O) groups excluding carboxylic acids is 2. The van der Waals surface area contributed by atoms with E-state index in [2.05, 4.69) is 37.9 Å². The molecular formula is C31H39BrN4O5S. The summed E-state index contributed by atoms with van der Waals surface area (Å²) in [6.07, 6.45) is 7.03. The zero-order valence-corrected chi connectivity index (χ0v) is 26.6. The predicted octanol–water partition coefficient (Wildman–Crippen LogP) is 5.26. The molecule has 1 N–H and O–H groups in total. The van der Waals surface area contributed by atoms with Gasteiger partial charge in [-0.1, -0.05) is 47.3 Å². The van der Waals surface area contributed by atoms with Crippen molar-refractivity contribution in [3.8, 4) is 0 Å². The fourth-order valence-electron chi connectivity index (χ4n) is 5.30. The first-order chi connectivity index (χ1) is 20.2.